The number of nitrogens with zero attached hydrogens (tertiary/aromatic N) is 1. The number of halogens is 2. The fraction of sp³-hybridized carbons (Fsp3) is 0.200. The van der Waals surface area contributed by atoms with E-state index >= 15 is 0 Å². The first-order chi connectivity index (χ1) is 9.79. The molecule has 0 spiro atoms. The highest BCUT2D eigenvalue weighted by molar-refractivity contribution is 9.11. The predicted octanol–water partition coefficient (Wildman–Crippen LogP) is 2.84. The van der Waals surface area contributed by atoms with E-state index in [0.717, 1.165) is 11.3 Å². The molecule has 21 heavy (non-hydrogen) atoms. The summed E-state index contributed by atoms with van der Waals surface area (Å²) in [5.41, 5.74) is -0.0353. The predicted molar refractivity (Wildman–Crippen MR) is 85.0 cm³/mol. The molecule has 2 N–H and O–H groups in total. The van der Waals surface area contributed by atoms with Crippen LogP contribution in [0.4, 0.5) is 0 Å². The van der Waals surface area contributed by atoms with E-state index in [0.29, 0.717) is 20.2 Å². The number of hydrogen-bond donors (Lipinski definition) is 2. The highest BCUT2D eigenvalue weighted by Gasteiger charge is 2.18. The van der Waals surface area contributed by atoms with E-state index in [4.69, 9.17) is 16.7 Å². The monoisotopic (exact) mass is 430 g/mol. The minimum atomic E-state index is -3.63. The topological polar surface area (TPSA) is 96.4 Å². The Labute approximate surface area is 142 Å². The molecule has 0 atom stereocenters. The third kappa shape index (κ3) is 4.24. The summed E-state index contributed by atoms with van der Waals surface area (Å²) in [5, 5.41) is 11.1. The average Bonchev–Trinajstić information content (AvgIpc) is 2.98. The molecular formula is C10H8BrClN2O4S3. The molecule has 11 heteroatoms. The number of carboxylic acids is 1. The van der Waals surface area contributed by atoms with Gasteiger partial charge in [0, 0.05) is 18.3 Å². The van der Waals surface area contributed by atoms with Gasteiger partial charge in [0.05, 0.1) is 13.8 Å². The summed E-state index contributed by atoms with van der Waals surface area (Å²) in [6, 6.07) is 1.37. The second-order valence-corrected chi connectivity index (χ2v) is 9.48. The second kappa shape index (κ2) is 6.71. The van der Waals surface area contributed by atoms with Gasteiger partial charge >= 0.3 is 5.97 Å². The molecule has 0 aliphatic carbocycles. The molecule has 0 saturated heterocycles. The number of carbonyl (C=O) groups is 1. The van der Waals surface area contributed by atoms with E-state index in [1.807, 2.05) is 0 Å². The first kappa shape index (κ1) is 16.8. The lowest BCUT2D eigenvalue weighted by Crippen LogP contribution is -2.25. The number of aromatic carboxylic acids is 1. The van der Waals surface area contributed by atoms with Crippen molar-refractivity contribution in [2.24, 2.45) is 0 Å². The van der Waals surface area contributed by atoms with Crippen LogP contribution in [0.5, 0.6) is 0 Å². The quantitative estimate of drug-likeness (QED) is 0.733. The molecule has 2 aromatic heterocycles. The molecule has 0 unspecified atom stereocenters. The molecule has 0 aliphatic rings. The normalized spacial score (nSPS) is 11.7. The van der Waals surface area contributed by atoms with E-state index in [1.54, 1.807) is 0 Å². The zero-order valence-corrected chi connectivity index (χ0v) is 15.0. The molecule has 2 aromatic rings. The van der Waals surface area contributed by atoms with Gasteiger partial charge in [-0.25, -0.2) is 22.9 Å². The summed E-state index contributed by atoms with van der Waals surface area (Å²) in [6.07, 6.45) is 0.317. The van der Waals surface area contributed by atoms with Gasteiger partial charge < -0.3 is 5.11 Å². The van der Waals surface area contributed by atoms with Gasteiger partial charge in [0.2, 0.25) is 10.0 Å². The lowest BCUT2D eigenvalue weighted by atomic mass is 10.4. The zero-order chi connectivity index (χ0) is 15.6. The Morgan fingerprint density at radius 2 is 2.24 bits per heavy atom. The molecule has 2 heterocycles. The van der Waals surface area contributed by atoms with E-state index < -0.39 is 16.0 Å². The molecule has 0 radical (unpaired) electrons. The molecule has 0 aliphatic heterocycles. The van der Waals surface area contributed by atoms with Crippen molar-refractivity contribution in [1.29, 1.82) is 0 Å². The standard InChI is InChI=1S/C10H8BrClN2O4S3/c11-9-5(12)3-8(20-9)21(17,18)13-2-1-7-14-6(4-19-7)10(15)16/h3-4,13H,1-2H2,(H,15,16). The van der Waals surface area contributed by atoms with Crippen molar-refractivity contribution in [2.45, 2.75) is 10.6 Å². The van der Waals surface area contributed by atoms with E-state index in [2.05, 4.69) is 25.6 Å². The number of thiophene rings is 1. The van der Waals surface area contributed by atoms with Crippen LogP contribution in [-0.2, 0) is 16.4 Å². The van der Waals surface area contributed by atoms with Gasteiger partial charge in [-0.1, -0.05) is 11.6 Å². The molecule has 0 saturated carbocycles. The fourth-order valence-electron chi connectivity index (χ4n) is 1.35. The van der Waals surface area contributed by atoms with Gasteiger partial charge in [-0.3, -0.25) is 0 Å². The summed E-state index contributed by atoms with van der Waals surface area (Å²) in [4.78, 5) is 14.6. The van der Waals surface area contributed by atoms with Gasteiger partial charge in [0.25, 0.3) is 0 Å². The number of thiazole rings is 1. The Morgan fingerprint density at radius 1 is 1.52 bits per heavy atom. The Hall–Kier alpha value is -0.520. The molecule has 2 rings (SSSR count). The first-order valence-corrected chi connectivity index (χ1v) is 9.77. The molecule has 0 fully saturated rings. The Balaban J connectivity index is 1.97. The van der Waals surface area contributed by atoms with Crippen LogP contribution >= 0.6 is 50.2 Å². The number of carboxylic acid groups (broad SMARTS) is 1. The van der Waals surface area contributed by atoms with Crippen molar-refractivity contribution in [3.63, 3.8) is 0 Å². The molecule has 0 aromatic carbocycles. The molecule has 0 bridgehead atoms. The van der Waals surface area contributed by atoms with Crippen molar-refractivity contribution in [3.8, 4) is 0 Å². The van der Waals surface area contributed by atoms with Crippen molar-refractivity contribution in [3.05, 3.63) is 31.0 Å². The Bertz CT molecular complexity index is 752. The molecule has 0 amide bonds. The Morgan fingerprint density at radius 3 is 2.76 bits per heavy atom. The van der Waals surface area contributed by atoms with Crippen LogP contribution in [-0.4, -0.2) is 31.0 Å². The third-order valence-electron chi connectivity index (χ3n) is 2.29. The van der Waals surface area contributed by atoms with Crippen molar-refractivity contribution in [2.75, 3.05) is 6.54 Å². The highest BCUT2D eigenvalue weighted by atomic mass is 79.9. The van der Waals surface area contributed by atoms with Crippen LogP contribution in [0.25, 0.3) is 0 Å². The summed E-state index contributed by atoms with van der Waals surface area (Å²) >= 11 is 11.2. The number of sulfonamides is 1. The van der Waals surface area contributed by atoms with Crippen LogP contribution in [0.15, 0.2) is 19.4 Å². The summed E-state index contributed by atoms with van der Waals surface area (Å²) < 4.78 is 27.1. The smallest absolute Gasteiger partial charge is 0.355 e. The van der Waals surface area contributed by atoms with Crippen LogP contribution in [0.1, 0.15) is 15.5 Å². The number of aromatic nitrogens is 1. The number of rotatable bonds is 6. The van der Waals surface area contributed by atoms with Crippen molar-refractivity contribution < 1.29 is 18.3 Å². The average molecular weight is 432 g/mol. The highest BCUT2D eigenvalue weighted by Crippen LogP contribution is 2.34. The van der Waals surface area contributed by atoms with Crippen LogP contribution in [0.2, 0.25) is 5.02 Å². The summed E-state index contributed by atoms with van der Waals surface area (Å²) in [7, 11) is -3.63. The van der Waals surface area contributed by atoms with E-state index in [9.17, 15) is 13.2 Å². The van der Waals surface area contributed by atoms with Gasteiger partial charge in [-0.15, -0.1) is 22.7 Å². The van der Waals surface area contributed by atoms with Crippen LogP contribution in [0.3, 0.4) is 0 Å². The van der Waals surface area contributed by atoms with Gasteiger partial charge in [-0.2, -0.15) is 0 Å². The van der Waals surface area contributed by atoms with E-state index in [-0.39, 0.29) is 16.4 Å². The first-order valence-electron chi connectivity index (χ1n) is 5.42. The van der Waals surface area contributed by atoms with Gasteiger partial charge in [0.1, 0.15) is 4.21 Å². The lowest BCUT2D eigenvalue weighted by molar-refractivity contribution is 0.0691. The fourth-order valence-corrected chi connectivity index (χ4v) is 5.59. The number of nitrogens with one attached hydrogen (secondary N) is 1. The summed E-state index contributed by atoms with van der Waals surface area (Å²) in [5.74, 6) is -1.10. The maximum Gasteiger partial charge on any atom is 0.355 e. The second-order valence-electron chi connectivity index (χ2n) is 3.77. The van der Waals surface area contributed by atoms with Crippen molar-refractivity contribution >= 4 is 66.2 Å². The maximum absolute atomic E-state index is 12.0. The van der Waals surface area contributed by atoms with E-state index in [1.165, 1.54) is 22.8 Å². The zero-order valence-electron chi connectivity index (χ0n) is 10.2. The summed E-state index contributed by atoms with van der Waals surface area (Å²) in [6.45, 7) is 0.127. The third-order valence-corrected chi connectivity index (χ3v) is 7.61. The molecule has 114 valence electrons. The van der Waals surface area contributed by atoms with Crippen molar-refractivity contribution in [1.82, 2.24) is 9.71 Å². The largest absolute Gasteiger partial charge is 0.476 e. The lowest BCUT2D eigenvalue weighted by Gasteiger charge is -2.02. The minimum absolute atomic E-state index is 0.0353. The van der Waals surface area contributed by atoms with Gasteiger partial charge in [-0.05, 0) is 22.0 Å². The molecular weight excluding hydrogens is 424 g/mol. The van der Waals surface area contributed by atoms with Gasteiger partial charge in [0.15, 0.2) is 5.69 Å². The maximum atomic E-state index is 12.0. The Kier molecular flexibility index (Phi) is 5.38. The minimum Gasteiger partial charge on any atom is -0.476 e. The van der Waals surface area contributed by atoms with Crippen LogP contribution < -0.4 is 4.72 Å². The SMILES string of the molecule is O=C(O)c1csc(CCNS(=O)(=O)c2cc(Cl)c(Br)s2)n1. The number of hydrogen-bond acceptors (Lipinski definition) is 6. The van der Waals surface area contributed by atoms with Crippen LogP contribution in [0, 0.1) is 0 Å². The molecule has 6 nitrogen and oxygen atoms in total.